The number of hydrogen-bond donors (Lipinski definition) is 0. The zero-order valence-electron chi connectivity index (χ0n) is 12.0. The molecule has 0 unspecified atom stereocenters. The van der Waals surface area contributed by atoms with Gasteiger partial charge in [-0.2, -0.15) is 0 Å². The van der Waals surface area contributed by atoms with Gasteiger partial charge in [0.05, 0.1) is 24.2 Å². The highest BCUT2D eigenvalue weighted by Gasteiger charge is 2.61. The van der Waals surface area contributed by atoms with Crippen LogP contribution in [0, 0.1) is 5.92 Å². The van der Waals surface area contributed by atoms with Gasteiger partial charge in [0.1, 0.15) is 0 Å². The molecule has 94 valence electrons. The smallest absolute Gasteiger partial charge is 0.0942 e. The Bertz CT molecular complexity index is 247. The summed E-state index contributed by atoms with van der Waals surface area (Å²) < 4.78 is 1.39. The molecule has 3 fully saturated rings. The van der Waals surface area contributed by atoms with Crippen LogP contribution >= 0.6 is 0 Å². The summed E-state index contributed by atoms with van der Waals surface area (Å²) in [4.78, 5) is 0. The lowest BCUT2D eigenvalue weighted by molar-refractivity contribution is -1.03. The molecule has 0 amide bonds. The fourth-order valence-corrected chi connectivity index (χ4v) is 5.01. The standard InChI is InChI=1S/C15H30N/c1-6-7-9-16-10-8-13(11-14(16,2)3)12-15(16,4)5/h13H,6-12H2,1-5H3/q+1. The monoisotopic (exact) mass is 224 g/mol. The SMILES string of the molecule is CCCC[N+]12CCC(CC1(C)C)CC2(C)C. The molecule has 3 saturated heterocycles. The van der Waals surface area contributed by atoms with E-state index in [4.69, 9.17) is 0 Å². The molecule has 3 rings (SSSR count). The summed E-state index contributed by atoms with van der Waals surface area (Å²) in [5, 5.41) is 0. The van der Waals surface area contributed by atoms with Crippen molar-refractivity contribution < 1.29 is 4.48 Å². The normalized spacial score (nSPS) is 39.9. The lowest BCUT2D eigenvalue weighted by Crippen LogP contribution is -2.77. The fraction of sp³-hybridized carbons (Fsp3) is 1.00. The van der Waals surface area contributed by atoms with Gasteiger partial charge >= 0.3 is 0 Å². The topological polar surface area (TPSA) is 0 Å². The zero-order valence-corrected chi connectivity index (χ0v) is 12.0. The lowest BCUT2D eigenvalue weighted by atomic mass is 9.65. The van der Waals surface area contributed by atoms with Crippen LogP contribution in [0.3, 0.4) is 0 Å². The Labute approximate surface area is 102 Å². The second-order valence-corrected chi connectivity index (χ2v) is 7.46. The van der Waals surface area contributed by atoms with Gasteiger partial charge in [-0.05, 0) is 46.5 Å². The number of fused-ring (bicyclic) bond motifs is 3. The molecule has 0 radical (unpaired) electrons. The molecule has 0 N–H and O–H groups in total. The van der Waals surface area contributed by atoms with Crippen molar-refractivity contribution in [2.75, 3.05) is 13.1 Å². The average Bonchev–Trinajstić information content (AvgIpc) is 2.13. The van der Waals surface area contributed by atoms with Crippen LogP contribution in [0.25, 0.3) is 0 Å². The van der Waals surface area contributed by atoms with Gasteiger partial charge in [0.25, 0.3) is 0 Å². The summed E-state index contributed by atoms with van der Waals surface area (Å²) >= 11 is 0. The second-order valence-electron chi connectivity index (χ2n) is 7.46. The molecule has 3 aliphatic heterocycles. The van der Waals surface area contributed by atoms with Crippen LogP contribution in [0.15, 0.2) is 0 Å². The van der Waals surface area contributed by atoms with E-state index < -0.39 is 0 Å². The summed E-state index contributed by atoms with van der Waals surface area (Å²) in [6, 6.07) is 0. The third kappa shape index (κ3) is 1.54. The van der Waals surface area contributed by atoms with E-state index in [9.17, 15) is 0 Å². The first-order chi connectivity index (χ1) is 7.35. The molecule has 1 heteroatoms. The third-order valence-electron chi connectivity index (χ3n) is 5.71. The van der Waals surface area contributed by atoms with Crippen LogP contribution in [0.1, 0.15) is 66.7 Å². The van der Waals surface area contributed by atoms with Gasteiger partial charge < -0.3 is 4.48 Å². The third-order valence-corrected chi connectivity index (χ3v) is 5.71. The lowest BCUT2D eigenvalue weighted by Gasteiger charge is -2.67. The van der Waals surface area contributed by atoms with Gasteiger partial charge in [0, 0.05) is 12.8 Å². The molecular formula is C15H30N+. The molecule has 0 aliphatic carbocycles. The van der Waals surface area contributed by atoms with Crippen LogP contribution in [0.4, 0.5) is 0 Å². The van der Waals surface area contributed by atoms with Crippen LogP contribution in [-0.4, -0.2) is 28.7 Å². The van der Waals surface area contributed by atoms with E-state index in [0.29, 0.717) is 11.1 Å². The Hall–Kier alpha value is -0.0400. The highest BCUT2D eigenvalue weighted by molar-refractivity contribution is 4.94. The Morgan fingerprint density at radius 1 is 1.06 bits per heavy atom. The van der Waals surface area contributed by atoms with Gasteiger partial charge in [-0.1, -0.05) is 13.3 Å². The Balaban J connectivity index is 2.32. The Kier molecular flexibility index (Phi) is 2.89. The van der Waals surface area contributed by atoms with Crippen molar-refractivity contribution in [1.29, 1.82) is 0 Å². The highest BCUT2D eigenvalue weighted by atomic mass is 15.5. The summed E-state index contributed by atoms with van der Waals surface area (Å²) in [6.07, 6.45) is 7.14. The van der Waals surface area contributed by atoms with Crippen LogP contribution < -0.4 is 0 Å². The average molecular weight is 224 g/mol. The van der Waals surface area contributed by atoms with Gasteiger partial charge in [-0.15, -0.1) is 0 Å². The van der Waals surface area contributed by atoms with E-state index in [1.165, 1.54) is 49.7 Å². The van der Waals surface area contributed by atoms with Gasteiger partial charge in [-0.3, -0.25) is 0 Å². The molecule has 0 aromatic rings. The molecule has 0 spiro atoms. The maximum atomic E-state index is 2.52. The summed E-state index contributed by atoms with van der Waals surface area (Å²) in [5.41, 5.74) is 1.03. The number of hydrogen-bond acceptors (Lipinski definition) is 0. The number of nitrogens with zero attached hydrogens (tertiary/aromatic N) is 1. The molecule has 0 aromatic carbocycles. The summed E-state index contributed by atoms with van der Waals surface area (Å²) in [5.74, 6) is 1.01. The van der Waals surface area contributed by atoms with E-state index in [-0.39, 0.29) is 0 Å². The Morgan fingerprint density at radius 3 is 2.06 bits per heavy atom. The summed E-state index contributed by atoms with van der Waals surface area (Å²) in [6.45, 7) is 15.3. The maximum absolute atomic E-state index is 2.52. The summed E-state index contributed by atoms with van der Waals surface area (Å²) in [7, 11) is 0. The number of unbranched alkanes of at least 4 members (excludes halogenated alkanes) is 1. The minimum atomic E-state index is 0.514. The molecule has 3 aliphatic rings. The van der Waals surface area contributed by atoms with Crippen LogP contribution in [0.5, 0.6) is 0 Å². The van der Waals surface area contributed by atoms with Crippen molar-refractivity contribution in [3.8, 4) is 0 Å². The minimum Gasteiger partial charge on any atom is -0.315 e. The first-order valence-electron chi connectivity index (χ1n) is 7.22. The molecule has 3 heterocycles. The highest BCUT2D eigenvalue weighted by Crippen LogP contribution is 2.53. The molecule has 1 nitrogen and oxygen atoms in total. The molecule has 16 heavy (non-hydrogen) atoms. The number of quaternary nitrogens is 1. The van der Waals surface area contributed by atoms with E-state index in [2.05, 4.69) is 34.6 Å². The van der Waals surface area contributed by atoms with Gasteiger partial charge in [0.2, 0.25) is 0 Å². The minimum absolute atomic E-state index is 0.514. The molecule has 0 atom stereocenters. The number of piperidine rings is 3. The molecule has 0 aromatic heterocycles. The molecule has 2 bridgehead atoms. The molecular weight excluding hydrogens is 194 g/mol. The van der Waals surface area contributed by atoms with Crippen molar-refractivity contribution in [2.24, 2.45) is 5.92 Å². The van der Waals surface area contributed by atoms with Crippen molar-refractivity contribution in [1.82, 2.24) is 0 Å². The van der Waals surface area contributed by atoms with Crippen molar-refractivity contribution in [2.45, 2.75) is 77.8 Å². The predicted molar refractivity (Wildman–Crippen MR) is 70.4 cm³/mol. The second kappa shape index (κ2) is 3.73. The zero-order chi connectivity index (χ0) is 12.0. The van der Waals surface area contributed by atoms with Crippen LogP contribution in [-0.2, 0) is 0 Å². The van der Waals surface area contributed by atoms with Gasteiger partial charge in [-0.25, -0.2) is 0 Å². The number of rotatable bonds is 3. The van der Waals surface area contributed by atoms with Crippen molar-refractivity contribution in [3.63, 3.8) is 0 Å². The first kappa shape index (κ1) is 12.4. The van der Waals surface area contributed by atoms with E-state index in [0.717, 1.165) is 5.92 Å². The predicted octanol–water partition coefficient (Wildman–Crippen LogP) is 3.97. The quantitative estimate of drug-likeness (QED) is 0.636. The van der Waals surface area contributed by atoms with E-state index in [1.54, 1.807) is 0 Å². The largest absolute Gasteiger partial charge is 0.315 e. The first-order valence-corrected chi connectivity index (χ1v) is 7.22. The van der Waals surface area contributed by atoms with Crippen LogP contribution in [0.2, 0.25) is 0 Å². The molecule has 0 saturated carbocycles. The maximum Gasteiger partial charge on any atom is 0.0942 e. The van der Waals surface area contributed by atoms with E-state index >= 15 is 0 Å². The van der Waals surface area contributed by atoms with Crippen molar-refractivity contribution in [3.05, 3.63) is 0 Å². The van der Waals surface area contributed by atoms with E-state index in [1.807, 2.05) is 0 Å². The van der Waals surface area contributed by atoms with Crippen molar-refractivity contribution >= 4 is 0 Å². The van der Waals surface area contributed by atoms with Gasteiger partial charge in [0.15, 0.2) is 0 Å². The fourth-order valence-electron chi connectivity index (χ4n) is 5.01. The Morgan fingerprint density at radius 2 is 1.62 bits per heavy atom.